The van der Waals surface area contributed by atoms with Crippen LogP contribution in [0.2, 0.25) is 0 Å². The van der Waals surface area contributed by atoms with Crippen molar-refractivity contribution in [2.24, 2.45) is 0 Å². The molecule has 0 heterocycles. The molecular formula is C24H24FN3O5S. The summed E-state index contributed by atoms with van der Waals surface area (Å²) in [5, 5.41) is 0. The molecule has 34 heavy (non-hydrogen) atoms. The minimum atomic E-state index is -4.04. The van der Waals surface area contributed by atoms with Crippen LogP contribution >= 0.6 is 0 Å². The zero-order chi connectivity index (χ0) is 24.7. The summed E-state index contributed by atoms with van der Waals surface area (Å²) in [4.78, 5) is 24.6. The van der Waals surface area contributed by atoms with E-state index in [-0.39, 0.29) is 34.9 Å². The maximum absolute atomic E-state index is 13.8. The van der Waals surface area contributed by atoms with Gasteiger partial charge in [-0.25, -0.2) is 12.8 Å². The Balaban J connectivity index is 1.83. The van der Waals surface area contributed by atoms with Gasteiger partial charge in [-0.2, -0.15) is 4.31 Å². The molecule has 3 aromatic carbocycles. The number of carbonyl (C=O) groups is 2. The molecule has 0 atom stereocenters. The Kier molecular flexibility index (Phi) is 7.98. The van der Waals surface area contributed by atoms with Gasteiger partial charge in [-0.15, -0.1) is 0 Å². The highest BCUT2D eigenvalue weighted by atomic mass is 32.2. The zero-order valence-corrected chi connectivity index (χ0v) is 19.4. The lowest BCUT2D eigenvalue weighted by Gasteiger charge is -2.22. The number of rotatable bonds is 8. The number of hydrazine groups is 1. The molecule has 0 saturated heterocycles. The molecule has 0 aliphatic carbocycles. The number of hydrogen-bond acceptors (Lipinski definition) is 5. The van der Waals surface area contributed by atoms with Crippen LogP contribution < -0.4 is 15.6 Å². The molecule has 0 saturated carbocycles. The number of halogens is 1. The summed E-state index contributed by atoms with van der Waals surface area (Å²) < 4.78 is 47.1. The van der Waals surface area contributed by atoms with E-state index < -0.39 is 27.7 Å². The first-order valence-electron chi connectivity index (χ1n) is 10.3. The van der Waals surface area contributed by atoms with Crippen LogP contribution in [0.15, 0.2) is 77.7 Å². The van der Waals surface area contributed by atoms with E-state index in [1.54, 1.807) is 6.92 Å². The molecule has 2 N–H and O–H groups in total. The third-order valence-corrected chi connectivity index (χ3v) is 6.95. The van der Waals surface area contributed by atoms with Crippen LogP contribution in [0.5, 0.6) is 5.75 Å². The standard InChI is InChI=1S/C24H24FN3O5S/c1-3-28(16-17-9-5-4-6-10-17)34(31,32)22-15-18(13-14-21(22)33-2)23(29)26-27-24(30)19-11-7-8-12-20(19)25/h4-15H,3,16H2,1-2H3,(H,26,29)(H,27,30). The van der Waals surface area contributed by atoms with Gasteiger partial charge in [-0.3, -0.25) is 20.4 Å². The van der Waals surface area contributed by atoms with E-state index in [2.05, 4.69) is 10.9 Å². The molecular weight excluding hydrogens is 461 g/mol. The predicted molar refractivity (Wildman–Crippen MR) is 124 cm³/mol. The molecule has 0 aliphatic rings. The second kappa shape index (κ2) is 10.9. The lowest BCUT2D eigenvalue weighted by molar-refractivity contribution is 0.0844. The van der Waals surface area contributed by atoms with E-state index >= 15 is 0 Å². The first-order valence-corrected chi connectivity index (χ1v) is 11.8. The summed E-state index contributed by atoms with van der Waals surface area (Å²) in [6.45, 7) is 2.04. The topological polar surface area (TPSA) is 105 Å². The van der Waals surface area contributed by atoms with Gasteiger partial charge in [0.25, 0.3) is 11.8 Å². The summed E-state index contributed by atoms with van der Waals surface area (Å²) in [7, 11) is -2.71. The van der Waals surface area contributed by atoms with Crippen LogP contribution in [0.1, 0.15) is 33.2 Å². The number of amides is 2. The fourth-order valence-corrected chi connectivity index (χ4v) is 4.83. The van der Waals surface area contributed by atoms with Crippen molar-refractivity contribution in [1.82, 2.24) is 15.2 Å². The molecule has 0 fully saturated rings. The minimum absolute atomic E-state index is 0.0380. The average molecular weight is 486 g/mol. The Labute approximate surface area is 197 Å². The van der Waals surface area contributed by atoms with Gasteiger partial charge in [0.05, 0.1) is 12.7 Å². The molecule has 10 heteroatoms. The third kappa shape index (κ3) is 5.59. The van der Waals surface area contributed by atoms with E-state index in [0.29, 0.717) is 0 Å². The Morgan fingerprint density at radius 3 is 2.24 bits per heavy atom. The van der Waals surface area contributed by atoms with Gasteiger partial charge in [0.2, 0.25) is 10.0 Å². The number of methoxy groups -OCH3 is 1. The summed E-state index contributed by atoms with van der Waals surface area (Å²) in [5.41, 5.74) is 4.81. The maximum atomic E-state index is 13.8. The van der Waals surface area contributed by atoms with Crippen molar-refractivity contribution in [3.63, 3.8) is 0 Å². The van der Waals surface area contributed by atoms with Gasteiger partial charge in [-0.1, -0.05) is 49.4 Å². The third-order valence-electron chi connectivity index (χ3n) is 5.01. The molecule has 0 radical (unpaired) electrons. The Morgan fingerprint density at radius 2 is 1.59 bits per heavy atom. The van der Waals surface area contributed by atoms with Crippen molar-refractivity contribution in [1.29, 1.82) is 0 Å². The van der Waals surface area contributed by atoms with Crippen LogP contribution in [0.25, 0.3) is 0 Å². The van der Waals surface area contributed by atoms with E-state index in [9.17, 15) is 22.4 Å². The van der Waals surface area contributed by atoms with Crippen molar-refractivity contribution in [3.05, 3.63) is 95.3 Å². The van der Waals surface area contributed by atoms with Gasteiger partial charge in [-0.05, 0) is 35.9 Å². The Bertz CT molecular complexity index is 1280. The normalized spacial score (nSPS) is 11.2. The van der Waals surface area contributed by atoms with Gasteiger partial charge in [0.1, 0.15) is 16.5 Å². The fourth-order valence-electron chi connectivity index (χ4n) is 3.21. The van der Waals surface area contributed by atoms with E-state index in [4.69, 9.17) is 4.74 Å². The smallest absolute Gasteiger partial charge is 0.272 e. The number of benzene rings is 3. The molecule has 3 rings (SSSR count). The Hall–Kier alpha value is -3.76. The summed E-state index contributed by atoms with van der Waals surface area (Å²) >= 11 is 0. The van der Waals surface area contributed by atoms with Crippen molar-refractivity contribution < 1.29 is 27.1 Å². The van der Waals surface area contributed by atoms with Crippen molar-refractivity contribution in [3.8, 4) is 5.75 Å². The quantitative estimate of drug-likeness (QED) is 0.477. The summed E-state index contributed by atoms with van der Waals surface area (Å²) in [5.74, 6) is -2.31. The highest BCUT2D eigenvalue weighted by Gasteiger charge is 2.28. The second-order valence-corrected chi connectivity index (χ2v) is 9.08. The lowest BCUT2D eigenvalue weighted by atomic mass is 10.2. The number of hydrogen-bond donors (Lipinski definition) is 2. The van der Waals surface area contributed by atoms with Gasteiger partial charge < -0.3 is 4.74 Å². The molecule has 8 nitrogen and oxygen atoms in total. The molecule has 0 unspecified atom stereocenters. The van der Waals surface area contributed by atoms with Gasteiger partial charge >= 0.3 is 0 Å². The SMILES string of the molecule is CCN(Cc1ccccc1)S(=O)(=O)c1cc(C(=O)NNC(=O)c2ccccc2F)ccc1OC. The van der Waals surface area contributed by atoms with Crippen LogP contribution in [-0.2, 0) is 16.6 Å². The number of nitrogens with one attached hydrogen (secondary N) is 2. The van der Waals surface area contributed by atoms with Crippen LogP contribution in [0, 0.1) is 5.82 Å². The maximum Gasteiger partial charge on any atom is 0.272 e. The fraction of sp³-hybridized carbons (Fsp3) is 0.167. The minimum Gasteiger partial charge on any atom is -0.495 e. The van der Waals surface area contributed by atoms with E-state index in [1.165, 1.54) is 47.8 Å². The van der Waals surface area contributed by atoms with Crippen LogP contribution in [-0.4, -0.2) is 38.2 Å². The van der Waals surface area contributed by atoms with Crippen molar-refractivity contribution in [2.45, 2.75) is 18.4 Å². The van der Waals surface area contributed by atoms with E-state index in [1.807, 2.05) is 30.3 Å². The molecule has 0 bridgehead atoms. The largest absolute Gasteiger partial charge is 0.495 e. The molecule has 0 aliphatic heterocycles. The molecule has 2 amide bonds. The zero-order valence-electron chi connectivity index (χ0n) is 18.6. The number of nitrogens with zero attached hydrogens (tertiary/aromatic N) is 1. The summed E-state index contributed by atoms with van der Waals surface area (Å²) in [6, 6.07) is 18.3. The molecule has 178 valence electrons. The van der Waals surface area contributed by atoms with Crippen molar-refractivity contribution >= 4 is 21.8 Å². The first kappa shape index (κ1) is 24.9. The molecule has 3 aromatic rings. The van der Waals surface area contributed by atoms with Crippen LogP contribution in [0.4, 0.5) is 4.39 Å². The number of ether oxygens (including phenoxy) is 1. The van der Waals surface area contributed by atoms with Gasteiger partial charge in [0.15, 0.2) is 0 Å². The molecule has 0 aromatic heterocycles. The molecule has 0 spiro atoms. The highest BCUT2D eigenvalue weighted by molar-refractivity contribution is 7.89. The predicted octanol–water partition coefficient (Wildman–Crippen LogP) is 3.12. The van der Waals surface area contributed by atoms with Gasteiger partial charge in [0, 0.05) is 18.7 Å². The van der Waals surface area contributed by atoms with Crippen molar-refractivity contribution in [2.75, 3.05) is 13.7 Å². The highest BCUT2D eigenvalue weighted by Crippen LogP contribution is 2.29. The second-order valence-electron chi connectivity index (χ2n) is 7.17. The lowest BCUT2D eigenvalue weighted by Crippen LogP contribution is -2.42. The number of carbonyl (C=O) groups excluding carboxylic acids is 2. The number of sulfonamides is 1. The monoisotopic (exact) mass is 485 g/mol. The average Bonchev–Trinajstić information content (AvgIpc) is 2.86. The first-order chi connectivity index (χ1) is 16.3. The summed E-state index contributed by atoms with van der Waals surface area (Å²) in [6.07, 6.45) is 0. The van der Waals surface area contributed by atoms with E-state index in [0.717, 1.165) is 11.6 Å². The Morgan fingerprint density at radius 1 is 0.941 bits per heavy atom. The van der Waals surface area contributed by atoms with Crippen LogP contribution in [0.3, 0.4) is 0 Å².